The summed E-state index contributed by atoms with van der Waals surface area (Å²) in [7, 11) is 0. The number of hydrogen-bond donors (Lipinski definition) is 1. The Labute approximate surface area is 74.0 Å². The van der Waals surface area contributed by atoms with E-state index in [1.807, 2.05) is 0 Å². The molecule has 0 saturated carbocycles. The maximum Gasteiger partial charge on any atom is 0.215 e. The third-order valence-electron chi connectivity index (χ3n) is 1.92. The number of fused-ring (bicyclic) bond motifs is 1. The van der Waals surface area contributed by atoms with Crippen LogP contribution in [0, 0.1) is 0 Å². The van der Waals surface area contributed by atoms with E-state index in [9.17, 15) is 4.79 Å². The maximum absolute atomic E-state index is 11.2. The second kappa shape index (κ2) is 2.40. The highest BCUT2D eigenvalue weighted by molar-refractivity contribution is 6.54. The monoisotopic (exact) mass is 177 g/mol. The Balaban J connectivity index is 2.52. The average molecular weight is 177 g/mol. The predicted molar refractivity (Wildman–Crippen MR) is 49.5 cm³/mol. The number of amidine groups is 1. The Hall–Kier alpha value is -1.69. The minimum atomic E-state index is -1.40. The summed E-state index contributed by atoms with van der Waals surface area (Å²) in [5, 5.41) is 0. The molecular formula is C7H7N5O. The SMILES string of the molecule is CC(=O)C1(N)N=CN=C2N=CN=C21. The lowest BCUT2D eigenvalue weighted by Crippen LogP contribution is -2.55. The van der Waals surface area contributed by atoms with Gasteiger partial charge in [-0.2, -0.15) is 0 Å². The van der Waals surface area contributed by atoms with Gasteiger partial charge in [0.05, 0.1) is 0 Å². The summed E-state index contributed by atoms with van der Waals surface area (Å²) in [6.07, 6.45) is 2.55. The zero-order valence-corrected chi connectivity index (χ0v) is 6.93. The fraction of sp³-hybridized carbons (Fsp3) is 0.286. The summed E-state index contributed by atoms with van der Waals surface area (Å²) in [6, 6.07) is 0. The van der Waals surface area contributed by atoms with E-state index in [1.165, 1.54) is 19.6 Å². The number of Topliss-reactive ketones (excluding diaryl/α,β-unsaturated/α-hetero) is 1. The van der Waals surface area contributed by atoms with Crippen molar-refractivity contribution in [1.82, 2.24) is 0 Å². The number of rotatable bonds is 1. The Kier molecular flexibility index (Phi) is 1.46. The molecule has 0 aromatic carbocycles. The molecule has 0 aliphatic carbocycles. The zero-order valence-electron chi connectivity index (χ0n) is 6.93. The lowest BCUT2D eigenvalue weighted by atomic mass is 10.00. The summed E-state index contributed by atoms with van der Waals surface area (Å²) < 4.78 is 0. The van der Waals surface area contributed by atoms with Gasteiger partial charge in [0.2, 0.25) is 5.66 Å². The number of nitrogens with zero attached hydrogens (tertiary/aromatic N) is 4. The third-order valence-corrected chi connectivity index (χ3v) is 1.92. The summed E-state index contributed by atoms with van der Waals surface area (Å²) in [6.45, 7) is 1.36. The van der Waals surface area contributed by atoms with Crippen LogP contribution in [0.3, 0.4) is 0 Å². The van der Waals surface area contributed by atoms with Crippen molar-refractivity contribution in [3.63, 3.8) is 0 Å². The van der Waals surface area contributed by atoms with Crippen LogP contribution in [0.2, 0.25) is 0 Å². The lowest BCUT2D eigenvalue weighted by Gasteiger charge is -2.22. The first kappa shape index (κ1) is 7.93. The van der Waals surface area contributed by atoms with Gasteiger partial charge in [0.25, 0.3) is 0 Å². The number of carbonyl (C=O) groups excluding carboxylic acids is 1. The molecular weight excluding hydrogens is 170 g/mol. The fourth-order valence-electron chi connectivity index (χ4n) is 1.12. The van der Waals surface area contributed by atoms with Crippen molar-refractivity contribution in [1.29, 1.82) is 0 Å². The Morgan fingerprint density at radius 1 is 1.46 bits per heavy atom. The van der Waals surface area contributed by atoms with Crippen molar-refractivity contribution in [3.05, 3.63) is 0 Å². The fourth-order valence-corrected chi connectivity index (χ4v) is 1.12. The van der Waals surface area contributed by atoms with Crippen molar-refractivity contribution >= 4 is 30.0 Å². The normalized spacial score (nSPS) is 29.7. The van der Waals surface area contributed by atoms with E-state index >= 15 is 0 Å². The van der Waals surface area contributed by atoms with Crippen LogP contribution in [0.5, 0.6) is 0 Å². The van der Waals surface area contributed by atoms with Crippen LogP contribution in [0.15, 0.2) is 20.0 Å². The summed E-state index contributed by atoms with van der Waals surface area (Å²) in [5.41, 5.74) is 4.67. The van der Waals surface area contributed by atoms with Gasteiger partial charge in [-0.25, -0.2) is 20.0 Å². The minimum absolute atomic E-state index is 0.277. The minimum Gasteiger partial charge on any atom is -0.296 e. The number of aliphatic imine (C=N–C) groups is 4. The highest BCUT2D eigenvalue weighted by Gasteiger charge is 2.41. The second-order valence-electron chi connectivity index (χ2n) is 2.74. The van der Waals surface area contributed by atoms with E-state index in [2.05, 4.69) is 20.0 Å². The molecule has 0 aromatic rings. The van der Waals surface area contributed by atoms with E-state index in [0.717, 1.165) is 0 Å². The van der Waals surface area contributed by atoms with E-state index in [-0.39, 0.29) is 5.78 Å². The zero-order chi connectivity index (χ0) is 9.47. The number of nitrogens with two attached hydrogens (primary N) is 1. The molecule has 0 aromatic heterocycles. The van der Waals surface area contributed by atoms with Crippen molar-refractivity contribution in [2.75, 3.05) is 0 Å². The molecule has 0 saturated heterocycles. The van der Waals surface area contributed by atoms with Gasteiger partial charge in [-0.3, -0.25) is 10.5 Å². The molecule has 1 unspecified atom stereocenters. The Bertz CT molecular complexity index is 392. The molecule has 0 spiro atoms. The van der Waals surface area contributed by atoms with Crippen LogP contribution in [0.25, 0.3) is 0 Å². The van der Waals surface area contributed by atoms with E-state index in [1.54, 1.807) is 0 Å². The molecule has 0 radical (unpaired) electrons. The molecule has 0 fully saturated rings. The molecule has 2 heterocycles. The van der Waals surface area contributed by atoms with Gasteiger partial charge in [-0.15, -0.1) is 0 Å². The summed E-state index contributed by atoms with van der Waals surface area (Å²) in [5.74, 6) is 0.0908. The van der Waals surface area contributed by atoms with Crippen LogP contribution in [0.1, 0.15) is 6.92 Å². The standard InChI is InChI=1S/C7H7N5O/c1-4(13)7(8)5-6(10-2-9-5)11-3-12-7/h2-3H,8H2,1H3. The molecule has 2 N–H and O–H groups in total. The third kappa shape index (κ3) is 0.955. The first-order valence-corrected chi connectivity index (χ1v) is 3.67. The average Bonchev–Trinajstić information content (AvgIpc) is 2.53. The quantitative estimate of drug-likeness (QED) is 0.565. The summed E-state index contributed by atoms with van der Waals surface area (Å²) >= 11 is 0. The number of carbonyl (C=O) groups is 1. The van der Waals surface area contributed by atoms with Gasteiger partial charge in [-0.1, -0.05) is 0 Å². The van der Waals surface area contributed by atoms with Gasteiger partial charge in [0.15, 0.2) is 11.6 Å². The molecule has 2 aliphatic heterocycles. The van der Waals surface area contributed by atoms with Gasteiger partial charge < -0.3 is 0 Å². The topological polar surface area (TPSA) is 92.5 Å². The molecule has 6 heteroatoms. The first-order valence-electron chi connectivity index (χ1n) is 3.67. The van der Waals surface area contributed by atoms with Crippen molar-refractivity contribution in [2.24, 2.45) is 25.7 Å². The number of ketones is 1. The Morgan fingerprint density at radius 2 is 2.23 bits per heavy atom. The van der Waals surface area contributed by atoms with Crippen molar-refractivity contribution in [3.8, 4) is 0 Å². The Morgan fingerprint density at radius 3 is 2.92 bits per heavy atom. The van der Waals surface area contributed by atoms with Crippen LogP contribution in [-0.2, 0) is 4.79 Å². The molecule has 1 atom stereocenters. The van der Waals surface area contributed by atoms with Crippen LogP contribution >= 0.6 is 0 Å². The largest absolute Gasteiger partial charge is 0.296 e. The van der Waals surface area contributed by atoms with Crippen LogP contribution < -0.4 is 5.73 Å². The first-order chi connectivity index (χ1) is 6.14. The molecule has 2 aliphatic rings. The highest BCUT2D eigenvalue weighted by atomic mass is 16.1. The second-order valence-corrected chi connectivity index (χ2v) is 2.74. The van der Waals surface area contributed by atoms with Gasteiger partial charge in [0, 0.05) is 0 Å². The van der Waals surface area contributed by atoms with Gasteiger partial charge >= 0.3 is 0 Å². The smallest absolute Gasteiger partial charge is 0.215 e. The van der Waals surface area contributed by atoms with Crippen LogP contribution in [0.4, 0.5) is 0 Å². The lowest BCUT2D eigenvalue weighted by molar-refractivity contribution is -0.119. The van der Waals surface area contributed by atoms with E-state index in [4.69, 9.17) is 5.73 Å². The highest BCUT2D eigenvalue weighted by Crippen LogP contribution is 2.15. The molecule has 6 nitrogen and oxygen atoms in total. The molecule has 2 rings (SSSR count). The maximum atomic E-state index is 11.2. The van der Waals surface area contributed by atoms with E-state index in [0.29, 0.717) is 11.5 Å². The molecule has 0 bridgehead atoms. The van der Waals surface area contributed by atoms with Crippen molar-refractivity contribution in [2.45, 2.75) is 12.6 Å². The van der Waals surface area contributed by atoms with Gasteiger partial charge in [-0.05, 0) is 6.92 Å². The molecule has 13 heavy (non-hydrogen) atoms. The predicted octanol–water partition coefficient (Wildman–Crippen LogP) is -0.846. The van der Waals surface area contributed by atoms with Gasteiger partial charge in [0.1, 0.15) is 18.4 Å². The molecule has 0 amide bonds. The number of hydrogen-bond acceptors (Lipinski definition) is 6. The summed E-state index contributed by atoms with van der Waals surface area (Å²) in [4.78, 5) is 26.6. The van der Waals surface area contributed by atoms with E-state index < -0.39 is 5.66 Å². The molecule has 66 valence electrons. The van der Waals surface area contributed by atoms with Crippen LogP contribution in [-0.4, -0.2) is 35.7 Å². The van der Waals surface area contributed by atoms with Crippen molar-refractivity contribution < 1.29 is 4.79 Å².